The van der Waals surface area contributed by atoms with E-state index in [9.17, 15) is 9.59 Å². The first-order chi connectivity index (χ1) is 19.6. The number of carbonyl (C=O) groups is 2. The normalized spacial score (nSPS) is 23.0. The summed E-state index contributed by atoms with van der Waals surface area (Å²) in [5.74, 6) is 0.344. The van der Waals surface area contributed by atoms with Crippen molar-refractivity contribution in [3.05, 3.63) is 98.5 Å². The predicted molar refractivity (Wildman–Crippen MR) is 166 cm³/mol. The van der Waals surface area contributed by atoms with E-state index in [2.05, 4.69) is 23.1 Å². The van der Waals surface area contributed by atoms with E-state index in [4.69, 9.17) is 34.8 Å². The molecule has 0 unspecified atom stereocenters. The second-order valence-corrected chi connectivity index (χ2v) is 13.2. The number of piperidine rings is 1. The maximum atomic E-state index is 14.2. The van der Waals surface area contributed by atoms with Crippen LogP contribution in [0.5, 0.6) is 0 Å². The fourth-order valence-corrected chi connectivity index (χ4v) is 7.67. The molecule has 1 saturated heterocycles. The summed E-state index contributed by atoms with van der Waals surface area (Å²) in [5.41, 5.74) is 3.54. The molecule has 0 radical (unpaired) electrons. The number of para-hydroxylation sites is 1. The fraction of sp³-hybridized carbons (Fsp3) is 0.394. The van der Waals surface area contributed by atoms with Crippen molar-refractivity contribution < 1.29 is 9.59 Å². The van der Waals surface area contributed by atoms with Gasteiger partial charge < -0.3 is 14.7 Å². The molecule has 6 rings (SSSR count). The number of benzene rings is 3. The highest BCUT2D eigenvalue weighted by molar-refractivity contribution is 6.42. The highest BCUT2D eigenvalue weighted by Gasteiger charge is 2.62. The molecule has 5 nitrogen and oxygen atoms in total. The van der Waals surface area contributed by atoms with Crippen molar-refractivity contribution in [1.29, 1.82) is 0 Å². The number of likely N-dealkylation sites (N-methyl/N-ethyl adjacent to an activating group) is 1. The highest BCUT2D eigenvalue weighted by atomic mass is 35.5. The number of likely N-dealkylation sites (tertiary alicyclic amines) is 1. The molecule has 3 aliphatic rings. The van der Waals surface area contributed by atoms with Gasteiger partial charge in [0.15, 0.2) is 0 Å². The van der Waals surface area contributed by atoms with Crippen molar-refractivity contribution >= 4 is 52.3 Å². The van der Waals surface area contributed by atoms with Gasteiger partial charge in [0.05, 0.1) is 15.5 Å². The number of anilines is 1. The third kappa shape index (κ3) is 5.05. The summed E-state index contributed by atoms with van der Waals surface area (Å²) in [6.45, 7) is 5.53. The number of hydrogen-bond acceptors (Lipinski definition) is 3. The lowest BCUT2D eigenvalue weighted by Gasteiger charge is -2.40. The quantitative estimate of drug-likeness (QED) is 0.303. The first-order valence-corrected chi connectivity index (χ1v) is 15.3. The van der Waals surface area contributed by atoms with E-state index >= 15 is 0 Å². The number of rotatable bonds is 6. The minimum Gasteiger partial charge on any atom is -0.341 e. The standard InChI is InChI=1S/C33H34Cl3N3O2/c1-22(40)39-21-32(26-8-4-6-10-30(26)39)13-15-38(16-14-32)20-25-18-33(25,24-11-12-28(35)29(36)17-24)31(41)37(2)19-23-7-3-5-9-27(23)34/h3-12,17,25H,13-16,18-21H2,1-2H3/t25-,33+/m0/s1. The summed E-state index contributed by atoms with van der Waals surface area (Å²) in [5, 5.41) is 1.60. The lowest BCUT2D eigenvalue weighted by Crippen LogP contribution is -2.47. The van der Waals surface area contributed by atoms with Gasteiger partial charge in [-0.05, 0) is 79.2 Å². The second-order valence-electron chi connectivity index (χ2n) is 12.0. The smallest absolute Gasteiger partial charge is 0.233 e. The Morgan fingerprint density at radius 3 is 2.34 bits per heavy atom. The van der Waals surface area contributed by atoms with Crippen molar-refractivity contribution in [3.8, 4) is 0 Å². The Kier molecular flexibility index (Phi) is 7.61. The molecule has 0 N–H and O–H groups in total. The van der Waals surface area contributed by atoms with Crippen molar-refractivity contribution in [3.63, 3.8) is 0 Å². The van der Waals surface area contributed by atoms with E-state index in [1.165, 1.54) is 5.56 Å². The summed E-state index contributed by atoms with van der Waals surface area (Å²) in [7, 11) is 1.85. The number of amides is 2. The van der Waals surface area contributed by atoms with Crippen molar-refractivity contribution in [1.82, 2.24) is 9.80 Å². The van der Waals surface area contributed by atoms with Gasteiger partial charge in [-0.1, -0.05) is 77.3 Å². The average molecular weight is 611 g/mol. The zero-order valence-corrected chi connectivity index (χ0v) is 25.6. The number of carbonyl (C=O) groups excluding carboxylic acids is 2. The van der Waals surface area contributed by atoms with Gasteiger partial charge >= 0.3 is 0 Å². The largest absolute Gasteiger partial charge is 0.341 e. The van der Waals surface area contributed by atoms with Gasteiger partial charge in [0.2, 0.25) is 11.8 Å². The summed E-state index contributed by atoms with van der Waals surface area (Å²) in [4.78, 5) is 32.8. The molecule has 2 fully saturated rings. The van der Waals surface area contributed by atoms with Crippen molar-refractivity contribution in [2.75, 3.05) is 38.1 Å². The Balaban J connectivity index is 1.20. The predicted octanol–water partition coefficient (Wildman–Crippen LogP) is 6.96. The second kappa shape index (κ2) is 10.9. The molecule has 2 amide bonds. The van der Waals surface area contributed by atoms with Crippen LogP contribution in [-0.2, 0) is 27.0 Å². The van der Waals surface area contributed by atoms with Crippen LogP contribution in [0.25, 0.3) is 0 Å². The highest BCUT2D eigenvalue weighted by Crippen LogP contribution is 2.57. The molecule has 3 aromatic rings. The Labute approximate surface area is 257 Å². The van der Waals surface area contributed by atoms with Crippen LogP contribution in [0.1, 0.15) is 42.9 Å². The monoisotopic (exact) mass is 609 g/mol. The molecule has 41 heavy (non-hydrogen) atoms. The lowest BCUT2D eigenvalue weighted by atomic mass is 9.74. The van der Waals surface area contributed by atoms with Crippen LogP contribution >= 0.6 is 34.8 Å². The number of hydrogen-bond donors (Lipinski definition) is 0. The third-order valence-electron chi connectivity index (χ3n) is 9.53. The molecular formula is C33H34Cl3N3O2. The van der Waals surface area contributed by atoms with Crippen LogP contribution < -0.4 is 4.90 Å². The van der Waals surface area contributed by atoms with Crippen LogP contribution in [0.15, 0.2) is 66.7 Å². The van der Waals surface area contributed by atoms with Gasteiger partial charge in [0.1, 0.15) is 0 Å². The average Bonchev–Trinajstić information content (AvgIpc) is 3.60. The molecule has 214 valence electrons. The number of halogens is 3. The topological polar surface area (TPSA) is 43.9 Å². The summed E-state index contributed by atoms with van der Waals surface area (Å²) >= 11 is 19.1. The van der Waals surface area contributed by atoms with Gasteiger partial charge in [-0.25, -0.2) is 0 Å². The molecule has 0 bridgehead atoms. The molecule has 2 atom stereocenters. The first-order valence-electron chi connectivity index (χ1n) is 14.2. The van der Waals surface area contributed by atoms with Crippen LogP contribution in [-0.4, -0.2) is 54.8 Å². The van der Waals surface area contributed by atoms with E-state index in [1.807, 2.05) is 54.4 Å². The summed E-state index contributed by atoms with van der Waals surface area (Å²) in [6.07, 6.45) is 2.74. The SMILES string of the molecule is CC(=O)N1CC2(CCN(C[C@@H]3C[C@@]3(C(=O)N(C)Cc3ccccc3Cl)c3ccc(Cl)c(Cl)c3)CC2)c2ccccc21. The van der Waals surface area contributed by atoms with Crippen LogP contribution in [0.3, 0.4) is 0 Å². The number of nitrogens with zero attached hydrogens (tertiary/aromatic N) is 3. The molecule has 0 aromatic heterocycles. The molecule has 2 heterocycles. The maximum absolute atomic E-state index is 14.2. The first kappa shape index (κ1) is 28.5. The van der Waals surface area contributed by atoms with Crippen LogP contribution in [0.2, 0.25) is 15.1 Å². The summed E-state index contributed by atoms with van der Waals surface area (Å²) < 4.78 is 0. The van der Waals surface area contributed by atoms with Gasteiger partial charge in [-0.3, -0.25) is 9.59 Å². The molecule has 1 aliphatic carbocycles. The lowest BCUT2D eigenvalue weighted by molar-refractivity contribution is -0.133. The van der Waals surface area contributed by atoms with Gasteiger partial charge in [-0.2, -0.15) is 0 Å². The Morgan fingerprint density at radius 2 is 1.63 bits per heavy atom. The Morgan fingerprint density at radius 1 is 0.927 bits per heavy atom. The van der Waals surface area contributed by atoms with E-state index in [0.29, 0.717) is 21.6 Å². The van der Waals surface area contributed by atoms with Crippen molar-refractivity contribution in [2.24, 2.45) is 5.92 Å². The number of fused-ring (bicyclic) bond motifs is 2. The van der Waals surface area contributed by atoms with Gasteiger partial charge in [0, 0.05) is 49.7 Å². The zero-order chi connectivity index (χ0) is 28.9. The minimum atomic E-state index is -0.648. The molecule has 3 aromatic carbocycles. The Hall–Kier alpha value is -2.57. The van der Waals surface area contributed by atoms with E-state index in [0.717, 1.165) is 62.3 Å². The van der Waals surface area contributed by atoms with E-state index in [-0.39, 0.29) is 23.1 Å². The minimum absolute atomic E-state index is 0.00586. The third-order valence-corrected chi connectivity index (χ3v) is 10.6. The van der Waals surface area contributed by atoms with Gasteiger partial charge in [-0.15, -0.1) is 0 Å². The van der Waals surface area contributed by atoms with E-state index < -0.39 is 5.41 Å². The molecule has 2 aliphatic heterocycles. The molecule has 1 spiro atoms. The zero-order valence-electron chi connectivity index (χ0n) is 23.4. The van der Waals surface area contributed by atoms with E-state index in [1.54, 1.807) is 17.9 Å². The van der Waals surface area contributed by atoms with Gasteiger partial charge in [0.25, 0.3) is 0 Å². The van der Waals surface area contributed by atoms with Crippen LogP contribution in [0, 0.1) is 5.92 Å². The molecule has 1 saturated carbocycles. The Bertz CT molecular complexity index is 1500. The fourth-order valence-electron chi connectivity index (χ4n) is 7.17. The maximum Gasteiger partial charge on any atom is 0.233 e. The van der Waals surface area contributed by atoms with Crippen LogP contribution in [0.4, 0.5) is 5.69 Å². The molecular weight excluding hydrogens is 577 g/mol. The summed E-state index contributed by atoms with van der Waals surface area (Å²) in [6, 6.07) is 21.6. The van der Waals surface area contributed by atoms with Crippen molar-refractivity contribution in [2.45, 2.75) is 43.6 Å². The molecule has 8 heteroatoms.